The van der Waals surface area contributed by atoms with Gasteiger partial charge in [-0.2, -0.15) is 0 Å². The van der Waals surface area contributed by atoms with Crippen LogP contribution in [0.5, 0.6) is 0 Å². The Morgan fingerprint density at radius 2 is 1.73 bits per heavy atom. The van der Waals surface area contributed by atoms with Crippen LogP contribution in [-0.4, -0.2) is 36.4 Å². The molecule has 1 aromatic carbocycles. The Bertz CT molecular complexity index is 636. The second-order valence-corrected chi connectivity index (χ2v) is 8.26. The molecule has 1 heterocycles. The number of carbonyl (C=O) groups excluding carboxylic acids is 2. The van der Waals surface area contributed by atoms with Gasteiger partial charge in [0.15, 0.2) is 0 Å². The summed E-state index contributed by atoms with van der Waals surface area (Å²) in [4.78, 5) is 22.9. The first-order chi connectivity index (χ1) is 12.0. The third kappa shape index (κ3) is 5.54. The third-order valence-corrected chi connectivity index (χ3v) is 4.68. The first-order valence-electron chi connectivity index (χ1n) is 8.95. The van der Waals surface area contributed by atoms with Crippen molar-refractivity contribution in [1.82, 2.24) is 5.32 Å². The lowest BCUT2D eigenvalue weighted by Crippen LogP contribution is -2.44. The van der Waals surface area contributed by atoms with Gasteiger partial charge < -0.3 is 15.2 Å². The molecule has 2 amide bonds. The molecular weight excluding hydrogens is 332 g/mol. The van der Waals surface area contributed by atoms with Crippen LogP contribution < -0.4 is 11.1 Å². The molecule has 1 aromatic rings. The third-order valence-electron chi connectivity index (χ3n) is 4.68. The summed E-state index contributed by atoms with van der Waals surface area (Å²) >= 11 is 0. The molecule has 1 saturated heterocycles. The number of nitrogens with one attached hydrogen (secondary N) is 1. The summed E-state index contributed by atoms with van der Waals surface area (Å²) < 4.78 is 10.6. The molecule has 3 N–H and O–H groups in total. The van der Waals surface area contributed by atoms with Crippen molar-refractivity contribution in [3.63, 3.8) is 0 Å². The van der Waals surface area contributed by atoms with E-state index in [1.165, 1.54) is 12.7 Å². The number of nitrogens with two attached hydrogens (primary N) is 1. The van der Waals surface area contributed by atoms with Crippen LogP contribution in [0.2, 0.25) is 0 Å². The number of carbonyl (C=O) groups is 2. The maximum Gasteiger partial charge on any atom is 0.413 e. The van der Waals surface area contributed by atoms with Crippen molar-refractivity contribution in [2.75, 3.05) is 7.11 Å². The van der Waals surface area contributed by atoms with E-state index in [-0.39, 0.29) is 11.2 Å². The predicted molar refractivity (Wildman–Crippen MR) is 99.9 cm³/mol. The second-order valence-electron chi connectivity index (χ2n) is 8.26. The van der Waals surface area contributed by atoms with Crippen LogP contribution in [-0.2, 0) is 20.7 Å². The molecule has 0 spiro atoms. The lowest BCUT2D eigenvalue weighted by atomic mass is 9.77. The van der Waals surface area contributed by atoms with E-state index < -0.39 is 18.0 Å². The van der Waals surface area contributed by atoms with Crippen molar-refractivity contribution < 1.29 is 19.1 Å². The van der Waals surface area contributed by atoms with Crippen LogP contribution >= 0.6 is 0 Å². The zero-order valence-electron chi connectivity index (χ0n) is 16.3. The number of methoxy groups -OCH3 is 1. The van der Waals surface area contributed by atoms with Gasteiger partial charge in [0.1, 0.15) is 0 Å². The highest BCUT2D eigenvalue weighted by Gasteiger charge is 2.39. The standard InChI is InChI=1S/C20H30N2O4/c1-19(2)11-15(12-20(3,4)26-19)14-8-6-13(7-9-14)10-16(21)17(23)22-18(24)25-5/h6-9,15-16H,10-12,21H2,1-5H3,(H,22,23,24)/t16-/m0/s1. The highest BCUT2D eigenvalue weighted by molar-refractivity contribution is 5.94. The number of hydrogen-bond donors (Lipinski definition) is 2. The molecular formula is C20H30N2O4. The molecule has 26 heavy (non-hydrogen) atoms. The summed E-state index contributed by atoms with van der Waals surface area (Å²) in [5, 5.41) is 2.09. The molecule has 0 aromatic heterocycles. The number of alkyl carbamates (subject to hydrolysis) is 1. The Labute approximate surface area is 155 Å². The molecule has 1 fully saturated rings. The molecule has 1 aliphatic rings. The van der Waals surface area contributed by atoms with Crippen LogP contribution in [0.3, 0.4) is 0 Å². The summed E-state index contributed by atoms with van der Waals surface area (Å²) in [6.07, 6.45) is 1.49. The number of hydrogen-bond acceptors (Lipinski definition) is 5. The van der Waals surface area contributed by atoms with Crippen molar-refractivity contribution in [3.05, 3.63) is 35.4 Å². The summed E-state index contributed by atoms with van der Waals surface area (Å²) in [5.74, 6) is -0.118. The summed E-state index contributed by atoms with van der Waals surface area (Å²) in [5.41, 5.74) is 7.78. The van der Waals surface area contributed by atoms with E-state index in [2.05, 4.69) is 49.9 Å². The van der Waals surface area contributed by atoms with Crippen molar-refractivity contribution in [2.45, 2.75) is 70.1 Å². The number of imide groups is 1. The van der Waals surface area contributed by atoms with Gasteiger partial charge in [0, 0.05) is 0 Å². The fourth-order valence-electron chi connectivity index (χ4n) is 3.84. The molecule has 6 nitrogen and oxygen atoms in total. The van der Waals surface area contributed by atoms with Crippen LogP contribution in [0.15, 0.2) is 24.3 Å². The van der Waals surface area contributed by atoms with Gasteiger partial charge >= 0.3 is 6.09 Å². The van der Waals surface area contributed by atoms with Gasteiger partial charge in [-0.05, 0) is 64.0 Å². The molecule has 0 saturated carbocycles. The molecule has 1 atom stereocenters. The van der Waals surface area contributed by atoms with Gasteiger partial charge in [-0.25, -0.2) is 4.79 Å². The molecule has 0 aliphatic carbocycles. The van der Waals surface area contributed by atoms with Gasteiger partial charge in [-0.1, -0.05) is 24.3 Å². The minimum absolute atomic E-state index is 0.153. The van der Waals surface area contributed by atoms with E-state index in [0.717, 1.165) is 18.4 Å². The number of ether oxygens (including phenoxy) is 2. The van der Waals surface area contributed by atoms with Gasteiger partial charge in [0.05, 0.1) is 24.4 Å². The van der Waals surface area contributed by atoms with E-state index in [0.29, 0.717) is 12.3 Å². The Morgan fingerprint density at radius 3 is 2.23 bits per heavy atom. The van der Waals surface area contributed by atoms with Crippen molar-refractivity contribution >= 4 is 12.0 Å². The molecule has 0 unspecified atom stereocenters. The van der Waals surface area contributed by atoms with Crippen molar-refractivity contribution in [3.8, 4) is 0 Å². The topological polar surface area (TPSA) is 90.7 Å². The zero-order chi connectivity index (χ0) is 19.5. The Balaban J connectivity index is 2.02. The monoisotopic (exact) mass is 362 g/mol. The largest absolute Gasteiger partial charge is 0.453 e. The highest BCUT2D eigenvalue weighted by atomic mass is 16.5. The van der Waals surface area contributed by atoms with Gasteiger partial charge in [-0.15, -0.1) is 0 Å². The van der Waals surface area contributed by atoms with Crippen molar-refractivity contribution in [2.24, 2.45) is 5.73 Å². The molecule has 0 bridgehead atoms. The molecule has 144 valence electrons. The molecule has 6 heteroatoms. The Kier molecular flexibility index (Phi) is 6.09. The maximum atomic E-state index is 11.8. The van der Waals surface area contributed by atoms with E-state index in [4.69, 9.17) is 10.5 Å². The SMILES string of the molecule is COC(=O)NC(=O)[C@@H](N)Cc1ccc(C2CC(C)(C)OC(C)(C)C2)cc1. The molecule has 1 aliphatic heterocycles. The number of rotatable bonds is 4. The lowest BCUT2D eigenvalue weighted by molar-refractivity contribution is -0.161. The minimum Gasteiger partial charge on any atom is -0.453 e. The van der Waals surface area contributed by atoms with E-state index in [9.17, 15) is 9.59 Å². The number of amides is 2. The first-order valence-corrected chi connectivity index (χ1v) is 8.95. The summed E-state index contributed by atoms with van der Waals surface area (Å²) in [6, 6.07) is 7.39. The minimum atomic E-state index is -0.805. The van der Waals surface area contributed by atoms with Gasteiger partial charge in [-0.3, -0.25) is 10.1 Å². The number of benzene rings is 1. The fourth-order valence-corrected chi connectivity index (χ4v) is 3.84. The summed E-state index contributed by atoms with van der Waals surface area (Å²) in [6.45, 7) is 8.53. The van der Waals surface area contributed by atoms with Crippen LogP contribution in [0, 0.1) is 0 Å². The van der Waals surface area contributed by atoms with Crippen molar-refractivity contribution in [1.29, 1.82) is 0 Å². The Hall–Kier alpha value is -1.92. The average molecular weight is 362 g/mol. The second kappa shape index (κ2) is 7.76. The van der Waals surface area contributed by atoms with Crippen LogP contribution in [0.1, 0.15) is 57.6 Å². The van der Waals surface area contributed by atoms with Gasteiger partial charge in [0.2, 0.25) is 5.91 Å². The maximum absolute atomic E-state index is 11.8. The zero-order valence-corrected chi connectivity index (χ0v) is 16.3. The first kappa shape index (κ1) is 20.4. The van der Waals surface area contributed by atoms with E-state index in [1.807, 2.05) is 12.1 Å². The average Bonchev–Trinajstić information content (AvgIpc) is 2.52. The smallest absolute Gasteiger partial charge is 0.413 e. The van der Waals surface area contributed by atoms with E-state index in [1.54, 1.807) is 0 Å². The van der Waals surface area contributed by atoms with E-state index >= 15 is 0 Å². The summed E-state index contributed by atoms with van der Waals surface area (Å²) in [7, 11) is 1.20. The molecule has 2 rings (SSSR count). The van der Waals surface area contributed by atoms with Crippen LogP contribution in [0.25, 0.3) is 0 Å². The molecule has 0 radical (unpaired) electrons. The van der Waals surface area contributed by atoms with Gasteiger partial charge in [0.25, 0.3) is 0 Å². The van der Waals surface area contributed by atoms with Crippen LogP contribution in [0.4, 0.5) is 4.79 Å². The normalized spacial score (nSPS) is 20.2. The quantitative estimate of drug-likeness (QED) is 0.859. The Morgan fingerprint density at radius 1 is 1.19 bits per heavy atom. The highest BCUT2D eigenvalue weighted by Crippen LogP contribution is 2.43. The lowest BCUT2D eigenvalue weighted by Gasteiger charge is -2.45. The predicted octanol–water partition coefficient (Wildman–Crippen LogP) is 2.89. The fraction of sp³-hybridized carbons (Fsp3) is 0.600.